The monoisotopic (exact) mass is 343 g/mol. The Morgan fingerprint density at radius 1 is 1.32 bits per heavy atom. The number of aromatic amines is 1. The first kappa shape index (κ1) is 17.6. The van der Waals surface area contributed by atoms with E-state index < -0.39 is 5.60 Å². The predicted molar refractivity (Wildman–Crippen MR) is 94.0 cm³/mol. The molecule has 25 heavy (non-hydrogen) atoms. The van der Waals surface area contributed by atoms with Crippen LogP contribution >= 0.6 is 0 Å². The third kappa shape index (κ3) is 4.67. The van der Waals surface area contributed by atoms with Crippen LogP contribution in [-0.4, -0.2) is 58.0 Å². The van der Waals surface area contributed by atoms with Gasteiger partial charge in [0.25, 0.3) is 0 Å². The molecule has 1 unspecified atom stereocenters. The van der Waals surface area contributed by atoms with E-state index in [-0.39, 0.29) is 12.5 Å². The number of H-pyrrole nitrogens is 1. The van der Waals surface area contributed by atoms with Crippen LogP contribution in [0, 0.1) is 0 Å². The van der Waals surface area contributed by atoms with E-state index in [2.05, 4.69) is 10.2 Å². The van der Waals surface area contributed by atoms with Crippen molar-refractivity contribution in [2.45, 2.75) is 31.3 Å². The van der Waals surface area contributed by atoms with Gasteiger partial charge < -0.3 is 14.7 Å². The highest BCUT2D eigenvalue weighted by Crippen LogP contribution is 2.23. The number of rotatable bonds is 7. The zero-order valence-corrected chi connectivity index (χ0v) is 14.4. The number of carbonyl (C=O) groups is 1. The SMILES string of the molecule is O=C(CCCc1cn[nH]c1)N1CCOC(CO)(Cc2ccccc2)C1. The number of aromatic nitrogens is 2. The van der Waals surface area contributed by atoms with Gasteiger partial charge in [0.05, 0.1) is 26.0 Å². The van der Waals surface area contributed by atoms with Gasteiger partial charge >= 0.3 is 0 Å². The number of benzene rings is 1. The molecule has 2 aromatic rings. The maximum atomic E-state index is 12.5. The lowest BCUT2D eigenvalue weighted by molar-refractivity contribution is -0.158. The van der Waals surface area contributed by atoms with Gasteiger partial charge in [-0.15, -0.1) is 0 Å². The van der Waals surface area contributed by atoms with Crippen molar-refractivity contribution >= 4 is 5.91 Å². The van der Waals surface area contributed by atoms with Crippen molar-refractivity contribution in [1.29, 1.82) is 0 Å². The van der Waals surface area contributed by atoms with Crippen LogP contribution in [0.3, 0.4) is 0 Å². The molecule has 0 radical (unpaired) electrons. The summed E-state index contributed by atoms with van der Waals surface area (Å²) in [5.41, 5.74) is 1.51. The topological polar surface area (TPSA) is 78.5 Å². The smallest absolute Gasteiger partial charge is 0.222 e. The molecule has 2 N–H and O–H groups in total. The van der Waals surface area contributed by atoms with Crippen molar-refractivity contribution in [3.05, 3.63) is 53.9 Å². The Balaban J connectivity index is 1.55. The molecule has 2 heterocycles. The first-order chi connectivity index (χ1) is 12.2. The normalized spacial score (nSPS) is 20.6. The molecule has 1 aliphatic rings. The Kier molecular flexibility index (Phi) is 5.83. The van der Waals surface area contributed by atoms with E-state index in [0.717, 1.165) is 24.0 Å². The highest BCUT2D eigenvalue weighted by molar-refractivity contribution is 5.76. The van der Waals surface area contributed by atoms with Gasteiger partial charge in [0.1, 0.15) is 5.60 Å². The summed E-state index contributed by atoms with van der Waals surface area (Å²) >= 11 is 0. The van der Waals surface area contributed by atoms with Crippen molar-refractivity contribution in [2.24, 2.45) is 0 Å². The van der Waals surface area contributed by atoms with Crippen molar-refractivity contribution in [3.8, 4) is 0 Å². The minimum absolute atomic E-state index is 0.0965. The zero-order valence-electron chi connectivity index (χ0n) is 14.4. The van der Waals surface area contributed by atoms with Crippen LogP contribution in [0.15, 0.2) is 42.7 Å². The minimum Gasteiger partial charge on any atom is -0.393 e. The number of morpholine rings is 1. The predicted octanol–water partition coefficient (Wildman–Crippen LogP) is 1.56. The summed E-state index contributed by atoms with van der Waals surface area (Å²) in [5, 5.41) is 16.6. The molecule has 6 nitrogen and oxygen atoms in total. The van der Waals surface area contributed by atoms with Gasteiger partial charge in [0.15, 0.2) is 0 Å². The third-order valence-electron chi connectivity index (χ3n) is 4.67. The molecule has 1 amide bonds. The van der Waals surface area contributed by atoms with Gasteiger partial charge in [-0.05, 0) is 24.0 Å². The van der Waals surface area contributed by atoms with E-state index in [4.69, 9.17) is 4.74 Å². The second-order valence-electron chi connectivity index (χ2n) is 6.63. The second kappa shape index (κ2) is 8.27. The van der Waals surface area contributed by atoms with Gasteiger partial charge in [0.2, 0.25) is 5.91 Å². The summed E-state index contributed by atoms with van der Waals surface area (Å²) in [6.45, 7) is 1.38. The molecular weight excluding hydrogens is 318 g/mol. The molecular formula is C19H25N3O3. The molecule has 1 atom stereocenters. The third-order valence-corrected chi connectivity index (χ3v) is 4.67. The lowest BCUT2D eigenvalue weighted by Crippen LogP contribution is -2.56. The van der Waals surface area contributed by atoms with E-state index in [1.54, 1.807) is 6.20 Å². The van der Waals surface area contributed by atoms with Crippen molar-refractivity contribution in [3.63, 3.8) is 0 Å². The van der Waals surface area contributed by atoms with E-state index >= 15 is 0 Å². The number of aliphatic hydroxyl groups excluding tert-OH is 1. The Morgan fingerprint density at radius 3 is 2.88 bits per heavy atom. The number of nitrogens with zero attached hydrogens (tertiary/aromatic N) is 2. The number of aryl methyl sites for hydroxylation is 1. The molecule has 0 spiro atoms. The number of hydrogen-bond acceptors (Lipinski definition) is 4. The molecule has 0 aliphatic carbocycles. The average Bonchev–Trinajstić information content (AvgIpc) is 3.16. The summed E-state index contributed by atoms with van der Waals surface area (Å²) in [4.78, 5) is 14.4. The molecule has 3 rings (SSSR count). The fourth-order valence-electron chi connectivity index (χ4n) is 3.30. The average molecular weight is 343 g/mol. The van der Waals surface area contributed by atoms with Crippen LogP contribution in [0.4, 0.5) is 0 Å². The van der Waals surface area contributed by atoms with Crippen molar-refractivity contribution in [2.75, 3.05) is 26.3 Å². The molecule has 1 aromatic carbocycles. The van der Waals surface area contributed by atoms with Crippen LogP contribution in [0.5, 0.6) is 0 Å². The fourth-order valence-corrected chi connectivity index (χ4v) is 3.30. The number of nitrogens with one attached hydrogen (secondary N) is 1. The van der Waals surface area contributed by atoms with Gasteiger partial charge in [-0.25, -0.2) is 0 Å². The number of hydrogen-bond donors (Lipinski definition) is 2. The van der Waals surface area contributed by atoms with Crippen LogP contribution in [-0.2, 0) is 22.4 Å². The zero-order chi connectivity index (χ0) is 17.5. The van der Waals surface area contributed by atoms with E-state index in [1.807, 2.05) is 41.4 Å². The number of aliphatic hydroxyl groups is 1. The summed E-state index contributed by atoms with van der Waals surface area (Å²) in [6.07, 6.45) is 6.37. The second-order valence-corrected chi connectivity index (χ2v) is 6.63. The van der Waals surface area contributed by atoms with Crippen LogP contribution in [0.2, 0.25) is 0 Å². The maximum absolute atomic E-state index is 12.5. The molecule has 134 valence electrons. The van der Waals surface area contributed by atoms with Crippen LogP contribution in [0.25, 0.3) is 0 Å². The highest BCUT2D eigenvalue weighted by Gasteiger charge is 2.37. The largest absolute Gasteiger partial charge is 0.393 e. The molecule has 1 aromatic heterocycles. The molecule has 1 aliphatic heterocycles. The molecule has 1 saturated heterocycles. The standard InChI is InChI=1S/C19H25N3O3/c23-15-19(11-16-5-2-1-3-6-16)14-22(9-10-25-19)18(24)8-4-7-17-12-20-21-13-17/h1-3,5-6,12-13,23H,4,7-11,14-15H2,(H,20,21). The minimum atomic E-state index is -0.709. The van der Waals surface area contributed by atoms with Gasteiger partial charge in [-0.3, -0.25) is 9.89 Å². The van der Waals surface area contributed by atoms with Crippen molar-refractivity contribution < 1.29 is 14.6 Å². The molecule has 0 saturated carbocycles. The Hall–Kier alpha value is -2.18. The number of ether oxygens (including phenoxy) is 1. The Bertz CT molecular complexity index is 660. The first-order valence-electron chi connectivity index (χ1n) is 8.75. The van der Waals surface area contributed by atoms with Crippen LogP contribution in [0.1, 0.15) is 24.0 Å². The highest BCUT2D eigenvalue weighted by atomic mass is 16.5. The number of amides is 1. The summed E-state index contributed by atoms with van der Waals surface area (Å²) < 4.78 is 5.91. The number of carbonyl (C=O) groups excluding carboxylic acids is 1. The van der Waals surface area contributed by atoms with Gasteiger partial charge in [-0.1, -0.05) is 30.3 Å². The van der Waals surface area contributed by atoms with Crippen LogP contribution < -0.4 is 0 Å². The van der Waals surface area contributed by atoms with Gasteiger partial charge in [0, 0.05) is 25.6 Å². The van der Waals surface area contributed by atoms with Crippen molar-refractivity contribution in [1.82, 2.24) is 15.1 Å². The molecule has 0 bridgehead atoms. The lowest BCUT2D eigenvalue weighted by Gasteiger charge is -2.42. The molecule has 1 fully saturated rings. The van der Waals surface area contributed by atoms with E-state index in [0.29, 0.717) is 32.5 Å². The van der Waals surface area contributed by atoms with Gasteiger partial charge in [-0.2, -0.15) is 5.10 Å². The summed E-state index contributed by atoms with van der Waals surface area (Å²) in [6, 6.07) is 9.95. The maximum Gasteiger partial charge on any atom is 0.222 e. The van der Waals surface area contributed by atoms with E-state index in [9.17, 15) is 9.90 Å². The Labute approximate surface area is 147 Å². The summed E-state index contributed by atoms with van der Waals surface area (Å²) in [7, 11) is 0. The summed E-state index contributed by atoms with van der Waals surface area (Å²) in [5.74, 6) is 0.123. The van der Waals surface area contributed by atoms with E-state index in [1.165, 1.54) is 0 Å². The first-order valence-corrected chi connectivity index (χ1v) is 8.75. The fraction of sp³-hybridized carbons (Fsp3) is 0.474. The Morgan fingerprint density at radius 2 is 2.16 bits per heavy atom. The molecule has 6 heteroatoms. The quantitative estimate of drug-likeness (QED) is 0.800. The lowest BCUT2D eigenvalue weighted by atomic mass is 9.93.